The number of carbonyl (C=O) groups is 2. The standard InChI is InChI=1S/C19H14F3NO4/c20-19(21,22)27-15-6-3-12(4-7-15)13-5-8-16-14(10-13)2-1-9-18(16,11-24)23-17(25)26/h1,3-11,23H,2H2,(H,25,26)/t18-/m1/s1. The van der Waals surface area contributed by atoms with Gasteiger partial charge in [-0.05, 0) is 40.8 Å². The molecular weight excluding hydrogens is 363 g/mol. The van der Waals surface area contributed by atoms with E-state index in [9.17, 15) is 22.8 Å². The maximum atomic E-state index is 12.2. The van der Waals surface area contributed by atoms with E-state index in [4.69, 9.17) is 5.11 Å². The summed E-state index contributed by atoms with van der Waals surface area (Å²) in [6.45, 7) is 0. The van der Waals surface area contributed by atoms with Crippen LogP contribution in [0.2, 0.25) is 0 Å². The predicted molar refractivity (Wildman–Crippen MR) is 90.3 cm³/mol. The first-order chi connectivity index (χ1) is 12.7. The molecule has 1 atom stereocenters. The first-order valence-corrected chi connectivity index (χ1v) is 7.87. The van der Waals surface area contributed by atoms with E-state index in [0.717, 1.165) is 11.1 Å². The first kappa shape index (κ1) is 18.5. The molecule has 0 bridgehead atoms. The lowest BCUT2D eigenvalue weighted by atomic mass is 9.81. The van der Waals surface area contributed by atoms with E-state index >= 15 is 0 Å². The average Bonchev–Trinajstić information content (AvgIpc) is 2.60. The van der Waals surface area contributed by atoms with Crippen molar-refractivity contribution in [3.05, 3.63) is 65.7 Å². The van der Waals surface area contributed by atoms with Crippen LogP contribution in [0.4, 0.5) is 18.0 Å². The van der Waals surface area contributed by atoms with Crippen LogP contribution >= 0.6 is 0 Å². The normalized spacial score (nSPS) is 18.5. The Balaban J connectivity index is 1.93. The van der Waals surface area contributed by atoms with Crippen LogP contribution in [0.1, 0.15) is 11.1 Å². The van der Waals surface area contributed by atoms with Crippen molar-refractivity contribution >= 4 is 12.4 Å². The summed E-state index contributed by atoms with van der Waals surface area (Å²) in [7, 11) is 0. The van der Waals surface area contributed by atoms with Gasteiger partial charge in [0.1, 0.15) is 11.3 Å². The lowest BCUT2D eigenvalue weighted by molar-refractivity contribution is -0.274. The number of fused-ring (bicyclic) bond motifs is 1. The number of rotatable bonds is 4. The summed E-state index contributed by atoms with van der Waals surface area (Å²) in [5.41, 5.74) is 1.18. The molecule has 0 fully saturated rings. The van der Waals surface area contributed by atoms with Crippen LogP contribution in [0.3, 0.4) is 0 Å². The largest absolute Gasteiger partial charge is 0.573 e. The highest BCUT2D eigenvalue weighted by molar-refractivity contribution is 5.81. The number of hydrogen-bond acceptors (Lipinski definition) is 3. The van der Waals surface area contributed by atoms with Crippen molar-refractivity contribution in [2.75, 3.05) is 0 Å². The zero-order valence-corrected chi connectivity index (χ0v) is 13.8. The highest BCUT2D eigenvalue weighted by Crippen LogP contribution is 2.33. The fourth-order valence-electron chi connectivity index (χ4n) is 3.07. The molecule has 140 valence electrons. The number of hydrogen-bond donors (Lipinski definition) is 2. The fraction of sp³-hybridized carbons (Fsp3) is 0.158. The van der Waals surface area contributed by atoms with Gasteiger partial charge in [0.15, 0.2) is 6.29 Å². The van der Waals surface area contributed by atoms with Gasteiger partial charge in [0.25, 0.3) is 0 Å². The van der Waals surface area contributed by atoms with Crippen LogP contribution in [-0.4, -0.2) is 23.8 Å². The molecule has 0 saturated carbocycles. The van der Waals surface area contributed by atoms with E-state index < -0.39 is 18.0 Å². The van der Waals surface area contributed by atoms with Crippen LogP contribution in [0.5, 0.6) is 5.75 Å². The zero-order valence-electron chi connectivity index (χ0n) is 13.8. The molecule has 2 aromatic rings. The lowest BCUT2D eigenvalue weighted by Gasteiger charge is -2.30. The minimum atomic E-state index is -4.75. The van der Waals surface area contributed by atoms with E-state index in [-0.39, 0.29) is 5.75 Å². The number of halogens is 3. The number of allylic oxidation sites excluding steroid dienone is 1. The van der Waals surface area contributed by atoms with Gasteiger partial charge in [-0.15, -0.1) is 13.2 Å². The number of alkyl halides is 3. The summed E-state index contributed by atoms with van der Waals surface area (Å²) in [6.07, 6.45) is -1.87. The Morgan fingerprint density at radius 1 is 1.15 bits per heavy atom. The SMILES string of the molecule is O=C[C@]1(NC(=O)O)C=CCc2cc(-c3ccc(OC(F)(F)F)cc3)ccc21. The first-order valence-electron chi connectivity index (χ1n) is 7.87. The molecule has 0 aliphatic heterocycles. The Morgan fingerprint density at radius 2 is 1.81 bits per heavy atom. The smallest absolute Gasteiger partial charge is 0.465 e. The molecule has 0 aromatic heterocycles. The zero-order chi connectivity index (χ0) is 19.7. The predicted octanol–water partition coefficient (Wildman–Crippen LogP) is 4.03. The average molecular weight is 377 g/mol. The van der Waals surface area contributed by atoms with Gasteiger partial charge in [0, 0.05) is 0 Å². The van der Waals surface area contributed by atoms with Crippen molar-refractivity contribution in [3.8, 4) is 16.9 Å². The molecule has 0 heterocycles. The third-order valence-electron chi connectivity index (χ3n) is 4.19. The van der Waals surface area contributed by atoms with E-state index in [1.54, 1.807) is 24.3 Å². The highest BCUT2D eigenvalue weighted by Gasteiger charge is 2.35. The molecule has 27 heavy (non-hydrogen) atoms. The van der Waals surface area contributed by atoms with Gasteiger partial charge >= 0.3 is 12.5 Å². The van der Waals surface area contributed by atoms with Crippen LogP contribution in [0.25, 0.3) is 11.1 Å². The van der Waals surface area contributed by atoms with Gasteiger partial charge in [-0.25, -0.2) is 4.79 Å². The van der Waals surface area contributed by atoms with Crippen molar-refractivity contribution in [2.24, 2.45) is 0 Å². The topological polar surface area (TPSA) is 75.6 Å². The quantitative estimate of drug-likeness (QED) is 0.623. The third-order valence-corrected chi connectivity index (χ3v) is 4.19. The van der Waals surface area contributed by atoms with Crippen molar-refractivity contribution in [3.63, 3.8) is 0 Å². The van der Waals surface area contributed by atoms with Gasteiger partial charge in [-0.3, -0.25) is 4.79 Å². The Labute approximate surface area is 152 Å². The molecule has 0 saturated heterocycles. The number of benzene rings is 2. The maximum Gasteiger partial charge on any atom is 0.573 e. The number of amides is 1. The fourth-order valence-corrected chi connectivity index (χ4v) is 3.07. The molecule has 3 rings (SSSR count). The van der Waals surface area contributed by atoms with Crippen molar-refractivity contribution in [2.45, 2.75) is 18.3 Å². The van der Waals surface area contributed by atoms with Crippen LogP contribution in [0.15, 0.2) is 54.6 Å². The summed E-state index contributed by atoms with van der Waals surface area (Å²) >= 11 is 0. The molecule has 1 aliphatic carbocycles. The third kappa shape index (κ3) is 3.94. The number of carboxylic acid groups (broad SMARTS) is 1. The van der Waals surface area contributed by atoms with Gasteiger partial charge in [-0.2, -0.15) is 0 Å². The number of ether oxygens (including phenoxy) is 1. The second-order valence-corrected chi connectivity index (χ2v) is 5.97. The van der Waals surface area contributed by atoms with Gasteiger partial charge < -0.3 is 15.2 Å². The van der Waals surface area contributed by atoms with E-state index in [0.29, 0.717) is 23.8 Å². The maximum absolute atomic E-state index is 12.2. The molecule has 2 N–H and O–H groups in total. The minimum Gasteiger partial charge on any atom is -0.465 e. The van der Waals surface area contributed by atoms with E-state index in [1.165, 1.54) is 30.3 Å². The Morgan fingerprint density at radius 3 is 2.41 bits per heavy atom. The minimum absolute atomic E-state index is 0.322. The molecule has 8 heteroatoms. The Hall–Kier alpha value is -3.29. The molecule has 2 aromatic carbocycles. The molecule has 5 nitrogen and oxygen atoms in total. The van der Waals surface area contributed by atoms with Crippen LogP contribution in [-0.2, 0) is 16.8 Å². The summed E-state index contributed by atoms with van der Waals surface area (Å²) in [5.74, 6) is -0.322. The number of carbonyl (C=O) groups excluding carboxylic acids is 1. The monoisotopic (exact) mass is 377 g/mol. The Bertz CT molecular complexity index is 906. The van der Waals surface area contributed by atoms with Crippen LogP contribution in [0, 0.1) is 0 Å². The van der Waals surface area contributed by atoms with Crippen molar-refractivity contribution in [1.29, 1.82) is 0 Å². The molecule has 1 aliphatic rings. The van der Waals surface area contributed by atoms with Crippen molar-refractivity contribution < 1.29 is 32.6 Å². The number of aldehydes is 1. The van der Waals surface area contributed by atoms with Gasteiger partial charge in [0.2, 0.25) is 0 Å². The Kier molecular flexibility index (Phi) is 4.65. The number of nitrogens with one attached hydrogen (secondary N) is 1. The lowest BCUT2D eigenvalue weighted by Crippen LogP contribution is -2.46. The second kappa shape index (κ2) is 6.79. The van der Waals surface area contributed by atoms with E-state index in [2.05, 4.69) is 10.1 Å². The van der Waals surface area contributed by atoms with Gasteiger partial charge in [-0.1, -0.05) is 42.5 Å². The van der Waals surface area contributed by atoms with Crippen LogP contribution < -0.4 is 10.1 Å². The molecule has 1 amide bonds. The summed E-state index contributed by atoms with van der Waals surface area (Å²) < 4.78 is 40.6. The summed E-state index contributed by atoms with van der Waals surface area (Å²) in [5, 5.41) is 11.3. The molecule has 0 radical (unpaired) electrons. The van der Waals surface area contributed by atoms with E-state index in [1.807, 2.05) is 0 Å². The highest BCUT2D eigenvalue weighted by atomic mass is 19.4. The molecular formula is C19H14F3NO4. The summed E-state index contributed by atoms with van der Waals surface area (Å²) in [6, 6.07) is 10.5. The van der Waals surface area contributed by atoms with Gasteiger partial charge in [0.05, 0.1) is 0 Å². The second-order valence-electron chi connectivity index (χ2n) is 5.97. The molecule has 0 spiro atoms. The summed E-state index contributed by atoms with van der Waals surface area (Å²) in [4.78, 5) is 22.7. The molecule has 0 unspecified atom stereocenters. The van der Waals surface area contributed by atoms with Crippen molar-refractivity contribution in [1.82, 2.24) is 5.32 Å².